The van der Waals surface area contributed by atoms with Crippen LogP contribution in [0.4, 0.5) is 5.13 Å². The summed E-state index contributed by atoms with van der Waals surface area (Å²) in [5.41, 5.74) is 0. The van der Waals surface area contributed by atoms with Gasteiger partial charge in [-0.2, -0.15) is 0 Å². The highest BCUT2D eigenvalue weighted by Crippen LogP contribution is 2.26. The van der Waals surface area contributed by atoms with Gasteiger partial charge in [-0.05, 0) is 0 Å². The fraction of sp³-hybridized carbons (Fsp3) is 0.375. The molecule has 74 valence electrons. The maximum atomic E-state index is 11.4. The molecule has 0 spiro atoms. The number of nitrogens with zero attached hydrogens (tertiary/aromatic N) is 2. The molecular weight excluding hydrogens is 204 g/mol. The number of anilines is 1. The average molecular weight is 212 g/mol. The number of carbonyl (C=O) groups excluding carboxylic acids is 1. The van der Waals surface area contributed by atoms with E-state index in [0.717, 1.165) is 0 Å². The molecule has 1 aliphatic rings. The van der Waals surface area contributed by atoms with E-state index in [-0.39, 0.29) is 18.9 Å². The van der Waals surface area contributed by atoms with Gasteiger partial charge in [-0.25, -0.2) is 4.98 Å². The maximum Gasteiger partial charge on any atom is 0.308 e. The average Bonchev–Trinajstić information content (AvgIpc) is 2.71. The summed E-state index contributed by atoms with van der Waals surface area (Å²) >= 11 is 1.34. The number of rotatable bonds is 2. The molecular formula is C8H8N2O3S. The first-order chi connectivity index (χ1) is 6.68. The van der Waals surface area contributed by atoms with Gasteiger partial charge in [0, 0.05) is 24.5 Å². The van der Waals surface area contributed by atoms with Crippen LogP contribution in [0, 0.1) is 5.92 Å². The number of amides is 1. The summed E-state index contributed by atoms with van der Waals surface area (Å²) in [7, 11) is 0. The molecule has 6 heteroatoms. The Hall–Kier alpha value is -1.43. The van der Waals surface area contributed by atoms with Crippen molar-refractivity contribution in [3.63, 3.8) is 0 Å². The normalized spacial score (nSPS) is 21.6. The minimum Gasteiger partial charge on any atom is -0.481 e. The van der Waals surface area contributed by atoms with Crippen LogP contribution < -0.4 is 4.90 Å². The maximum absolute atomic E-state index is 11.4. The van der Waals surface area contributed by atoms with Crippen molar-refractivity contribution in [1.29, 1.82) is 0 Å². The standard InChI is InChI=1S/C8H8N2O3S/c11-6-3-5(7(12)13)4-10(6)8-9-1-2-14-8/h1-2,5H,3-4H2,(H,12,13). The van der Waals surface area contributed by atoms with Crippen LogP contribution in [0.1, 0.15) is 6.42 Å². The van der Waals surface area contributed by atoms with Crippen LogP contribution in [0.2, 0.25) is 0 Å². The van der Waals surface area contributed by atoms with Crippen molar-refractivity contribution in [3.8, 4) is 0 Å². The first kappa shape index (κ1) is 9.14. The number of thiazole rings is 1. The van der Waals surface area contributed by atoms with Gasteiger partial charge in [0.05, 0.1) is 5.92 Å². The molecule has 0 saturated carbocycles. The lowest BCUT2D eigenvalue weighted by molar-refractivity contribution is -0.141. The molecule has 14 heavy (non-hydrogen) atoms. The van der Waals surface area contributed by atoms with Crippen molar-refractivity contribution >= 4 is 28.3 Å². The molecule has 1 N–H and O–H groups in total. The van der Waals surface area contributed by atoms with E-state index in [0.29, 0.717) is 5.13 Å². The van der Waals surface area contributed by atoms with Crippen molar-refractivity contribution in [2.75, 3.05) is 11.4 Å². The van der Waals surface area contributed by atoms with Crippen LogP contribution >= 0.6 is 11.3 Å². The summed E-state index contributed by atoms with van der Waals surface area (Å²) in [6.45, 7) is 0.238. The number of aliphatic carboxylic acids is 1. The van der Waals surface area contributed by atoms with Gasteiger partial charge in [0.1, 0.15) is 0 Å². The first-order valence-corrected chi connectivity index (χ1v) is 4.99. The molecule has 1 saturated heterocycles. The Labute approximate surface area is 84.0 Å². The number of hydrogen-bond acceptors (Lipinski definition) is 4. The Morgan fingerprint density at radius 3 is 3.00 bits per heavy atom. The Balaban J connectivity index is 2.16. The third-order valence-corrected chi connectivity index (χ3v) is 2.92. The summed E-state index contributed by atoms with van der Waals surface area (Å²) in [6, 6.07) is 0. The highest BCUT2D eigenvalue weighted by atomic mass is 32.1. The molecule has 0 aliphatic carbocycles. The van der Waals surface area contributed by atoms with E-state index in [1.54, 1.807) is 11.6 Å². The molecule has 1 amide bonds. The predicted octanol–water partition coefficient (Wildman–Crippen LogP) is 0.581. The van der Waals surface area contributed by atoms with Crippen molar-refractivity contribution in [3.05, 3.63) is 11.6 Å². The molecule has 0 radical (unpaired) electrons. The number of aromatic nitrogens is 1. The van der Waals surface area contributed by atoms with Gasteiger partial charge in [0.25, 0.3) is 0 Å². The molecule has 1 aromatic rings. The number of carboxylic acids is 1. The van der Waals surface area contributed by atoms with Crippen molar-refractivity contribution in [2.24, 2.45) is 5.92 Å². The summed E-state index contributed by atoms with van der Waals surface area (Å²) < 4.78 is 0. The number of carbonyl (C=O) groups is 2. The number of hydrogen-bond donors (Lipinski definition) is 1. The zero-order valence-electron chi connectivity index (χ0n) is 7.21. The van der Waals surface area contributed by atoms with Crippen LogP contribution in [0.3, 0.4) is 0 Å². The van der Waals surface area contributed by atoms with Gasteiger partial charge in [-0.3, -0.25) is 14.5 Å². The Kier molecular flexibility index (Phi) is 2.20. The van der Waals surface area contributed by atoms with E-state index in [9.17, 15) is 9.59 Å². The van der Waals surface area contributed by atoms with Crippen LogP contribution in [-0.2, 0) is 9.59 Å². The van der Waals surface area contributed by atoms with E-state index >= 15 is 0 Å². The van der Waals surface area contributed by atoms with E-state index in [4.69, 9.17) is 5.11 Å². The molecule has 0 aromatic carbocycles. The summed E-state index contributed by atoms with van der Waals surface area (Å²) in [6.07, 6.45) is 1.68. The van der Waals surface area contributed by atoms with E-state index in [2.05, 4.69) is 4.98 Å². The smallest absolute Gasteiger partial charge is 0.308 e. The van der Waals surface area contributed by atoms with Crippen LogP contribution in [0.5, 0.6) is 0 Å². The highest BCUT2D eigenvalue weighted by molar-refractivity contribution is 7.13. The van der Waals surface area contributed by atoms with Gasteiger partial charge in [0.15, 0.2) is 5.13 Å². The first-order valence-electron chi connectivity index (χ1n) is 4.11. The fourth-order valence-corrected chi connectivity index (χ4v) is 2.08. The van der Waals surface area contributed by atoms with E-state index in [1.807, 2.05) is 0 Å². The van der Waals surface area contributed by atoms with Crippen LogP contribution in [-0.4, -0.2) is 28.5 Å². The molecule has 1 fully saturated rings. The lowest BCUT2D eigenvalue weighted by atomic mass is 10.1. The molecule has 1 unspecified atom stereocenters. The lowest BCUT2D eigenvalue weighted by Crippen LogP contribution is -2.25. The number of carboxylic acid groups (broad SMARTS) is 1. The largest absolute Gasteiger partial charge is 0.481 e. The summed E-state index contributed by atoms with van der Waals surface area (Å²) in [5, 5.41) is 11.1. The topological polar surface area (TPSA) is 70.5 Å². The third kappa shape index (κ3) is 1.48. The second kappa shape index (κ2) is 3.38. The minimum atomic E-state index is -0.919. The quantitative estimate of drug-likeness (QED) is 0.778. The highest BCUT2D eigenvalue weighted by Gasteiger charge is 2.35. The molecule has 1 aliphatic heterocycles. The molecule has 2 heterocycles. The zero-order chi connectivity index (χ0) is 10.1. The van der Waals surface area contributed by atoms with Gasteiger partial charge >= 0.3 is 5.97 Å². The summed E-state index contributed by atoms with van der Waals surface area (Å²) in [4.78, 5) is 27.5. The molecule has 2 rings (SSSR count). The van der Waals surface area contributed by atoms with Gasteiger partial charge in [0.2, 0.25) is 5.91 Å². The molecule has 1 atom stereocenters. The monoisotopic (exact) mass is 212 g/mol. The second-order valence-electron chi connectivity index (χ2n) is 3.06. The van der Waals surface area contributed by atoms with E-state index < -0.39 is 11.9 Å². The summed E-state index contributed by atoms with van der Waals surface area (Å²) in [5.74, 6) is -1.67. The SMILES string of the molecule is O=C(O)C1CC(=O)N(c2nccs2)C1. The fourth-order valence-electron chi connectivity index (χ4n) is 1.41. The zero-order valence-corrected chi connectivity index (χ0v) is 8.03. The van der Waals surface area contributed by atoms with Gasteiger partial charge in [-0.1, -0.05) is 0 Å². The van der Waals surface area contributed by atoms with E-state index in [1.165, 1.54) is 16.2 Å². The lowest BCUT2D eigenvalue weighted by Gasteiger charge is -2.10. The van der Waals surface area contributed by atoms with Crippen LogP contribution in [0.15, 0.2) is 11.6 Å². The third-order valence-electron chi connectivity index (χ3n) is 2.12. The molecule has 0 bridgehead atoms. The van der Waals surface area contributed by atoms with Gasteiger partial charge < -0.3 is 5.11 Å². The minimum absolute atomic E-state index is 0.0783. The van der Waals surface area contributed by atoms with Crippen LogP contribution in [0.25, 0.3) is 0 Å². The molecule has 5 nitrogen and oxygen atoms in total. The van der Waals surface area contributed by atoms with Crippen molar-refractivity contribution in [1.82, 2.24) is 4.98 Å². The van der Waals surface area contributed by atoms with Crippen molar-refractivity contribution in [2.45, 2.75) is 6.42 Å². The van der Waals surface area contributed by atoms with Gasteiger partial charge in [-0.15, -0.1) is 11.3 Å². The molecule has 1 aromatic heterocycles. The Morgan fingerprint density at radius 1 is 1.71 bits per heavy atom. The predicted molar refractivity (Wildman–Crippen MR) is 50.2 cm³/mol. The second-order valence-corrected chi connectivity index (χ2v) is 3.93. The van der Waals surface area contributed by atoms with Crippen molar-refractivity contribution < 1.29 is 14.7 Å². The Morgan fingerprint density at radius 2 is 2.50 bits per heavy atom. The Bertz CT molecular complexity index is 363.